The van der Waals surface area contributed by atoms with E-state index >= 15 is 0 Å². The predicted molar refractivity (Wildman–Crippen MR) is 127 cm³/mol. The van der Waals surface area contributed by atoms with Gasteiger partial charge in [0.2, 0.25) is 5.91 Å². The maximum atomic E-state index is 12.9. The number of pyridine rings is 2. The van der Waals surface area contributed by atoms with Crippen LogP contribution < -0.4 is 16.4 Å². The number of H-pyrrole nitrogens is 2. The highest BCUT2D eigenvalue weighted by molar-refractivity contribution is 5.82. The molecule has 1 saturated heterocycles. The molecule has 4 rings (SSSR count). The van der Waals surface area contributed by atoms with Crippen LogP contribution in [0.1, 0.15) is 50.4 Å². The topological polar surface area (TPSA) is 94.8 Å². The Morgan fingerprint density at radius 2 is 1.66 bits per heavy atom. The lowest BCUT2D eigenvalue weighted by Gasteiger charge is -2.20. The Morgan fingerprint density at radius 3 is 2.25 bits per heavy atom. The highest BCUT2D eigenvalue weighted by Gasteiger charge is 2.21. The molecule has 6 heteroatoms. The van der Waals surface area contributed by atoms with Crippen LogP contribution in [0.4, 0.5) is 0 Å². The van der Waals surface area contributed by atoms with E-state index in [0.29, 0.717) is 29.7 Å². The van der Waals surface area contributed by atoms with Crippen LogP contribution >= 0.6 is 0 Å². The van der Waals surface area contributed by atoms with Gasteiger partial charge in [-0.05, 0) is 47.2 Å². The highest BCUT2D eigenvalue weighted by Crippen LogP contribution is 2.28. The van der Waals surface area contributed by atoms with Gasteiger partial charge in [0.05, 0.1) is 11.1 Å². The SMILES string of the molecule is CC(C)(C)c1ccc(/C(=C\[C@H]2CCC(=O)N2)c2ccc(-c3ccc[nH]c3=O)c(=O)[nH]2)cc1. The molecule has 0 bridgehead atoms. The summed E-state index contributed by atoms with van der Waals surface area (Å²) in [6, 6.07) is 15.0. The Bertz CT molecular complexity index is 1290. The Hall–Kier alpha value is -3.67. The van der Waals surface area contributed by atoms with E-state index in [1.165, 1.54) is 11.8 Å². The first-order valence-electron chi connectivity index (χ1n) is 10.8. The number of carbonyl (C=O) groups is 1. The molecule has 1 aliphatic heterocycles. The Morgan fingerprint density at radius 1 is 0.938 bits per heavy atom. The zero-order chi connectivity index (χ0) is 22.9. The number of hydrogen-bond donors (Lipinski definition) is 3. The quantitative estimate of drug-likeness (QED) is 0.590. The molecule has 3 aromatic rings. The maximum absolute atomic E-state index is 12.9. The molecule has 0 unspecified atom stereocenters. The minimum absolute atomic E-state index is 0.0283. The molecule has 3 N–H and O–H groups in total. The number of amides is 1. The van der Waals surface area contributed by atoms with Gasteiger partial charge in [0.15, 0.2) is 0 Å². The highest BCUT2D eigenvalue weighted by atomic mass is 16.2. The van der Waals surface area contributed by atoms with Crippen molar-refractivity contribution in [2.45, 2.75) is 45.1 Å². The van der Waals surface area contributed by atoms with Gasteiger partial charge in [-0.1, -0.05) is 51.1 Å². The van der Waals surface area contributed by atoms with Crippen molar-refractivity contribution >= 4 is 11.5 Å². The lowest BCUT2D eigenvalue weighted by atomic mass is 9.86. The molecule has 1 aromatic carbocycles. The van der Waals surface area contributed by atoms with Gasteiger partial charge in [-0.25, -0.2) is 0 Å². The zero-order valence-corrected chi connectivity index (χ0v) is 18.5. The lowest BCUT2D eigenvalue weighted by Crippen LogP contribution is -2.24. The van der Waals surface area contributed by atoms with E-state index < -0.39 is 0 Å². The van der Waals surface area contributed by atoms with Crippen molar-refractivity contribution in [3.05, 3.63) is 98.3 Å². The van der Waals surface area contributed by atoms with Crippen molar-refractivity contribution in [1.82, 2.24) is 15.3 Å². The third kappa shape index (κ3) is 4.49. The summed E-state index contributed by atoms with van der Waals surface area (Å²) in [4.78, 5) is 42.3. The summed E-state index contributed by atoms with van der Waals surface area (Å²) in [5.41, 5.74) is 3.64. The van der Waals surface area contributed by atoms with Gasteiger partial charge in [0.25, 0.3) is 11.1 Å². The Kier molecular flexibility index (Phi) is 5.70. The van der Waals surface area contributed by atoms with Crippen LogP contribution in [-0.2, 0) is 10.2 Å². The second kappa shape index (κ2) is 8.46. The number of aromatic nitrogens is 2. The van der Waals surface area contributed by atoms with Crippen LogP contribution in [-0.4, -0.2) is 21.9 Å². The summed E-state index contributed by atoms with van der Waals surface area (Å²) in [6.45, 7) is 6.48. The standard InChI is InChI=1S/C26H27N3O3/c1-26(2,3)17-8-6-16(7-9-17)21(15-18-10-13-23(30)28-18)22-12-11-20(25(32)29-22)19-5-4-14-27-24(19)31/h4-9,11-12,14-15,18H,10,13H2,1-3H3,(H,27,31)(H,28,30)(H,29,32)/b21-15+/t18-/m1/s1. The summed E-state index contributed by atoms with van der Waals surface area (Å²) in [7, 11) is 0. The second-order valence-corrected chi connectivity index (χ2v) is 9.15. The number of rotatable bonds is 4. The number of aromatic amines is 2. The minimum Gasteiger partial charge on any atom is -0.350 e. The van der Waals surface area contributed by atoms with E-state index in [-0.39, 0.29) is 28.5 Å². The summed E-state index contributed by atoms with van der Waals surface area (Å²) < 4.78 is 0. The van der Waals surface area contributed by atoms with E-state index in [1.807, 2.05) is 24.3 Å². The van der Waals surface area contributed by atoms with Crippen LogP contribution in [0.15, 0.2) is 70.4 Å². The van der Waals surface area contributed by atoms with E-state index in [9.17, 15) is 14.4 Å². The minimum atomic E-state index is -0.341. The van der Waals surface area contributed by atoms with Gasteiger partial charge in [0.1, 0.15) is 0 Å². The average Bonchev–Trinajstić information content (AvgIpc) is 3.17. The van der Waals surface area contributed by atoms with E-state index in [0.717, 1.165) is 11.1 Å². The van der Waals surface area contributed by atoms with Gasteiger partial charge in [-0.2, -0.15) is 0 Å². The Labute approximate surface area is 186 Å². The number of carbonyl (C=O) groups excluding carboxylic acids is 1. The molecule has 3 heterocycles. The number of hydrogen-bond acceptors (Lipinski definition) is 3. The fourth-order valence-electron chi connectivity index (χ4n) is 3.93. The molecule has 164 valence electrons. The monoisotopic (exact) mass is 429 g/mol. The zero-order valence-electron chi connectivity index (χ0n) is 18.5. The van der Waals surface area contributed by atoms with Gasteiger partial charge < -0.3 is 15.3 Å². The molecule has 1 atom stereocenters. The van der Waals surface area contributed by atoms with E-state index in [4.69, 9.17) is 0 Å². The molecule has 0 spiro atoms. The molecule has 6 nitrogen and oxygen atoms in total. The van der Waals surface area contributed by atoms with Crippen LogP contribution in [0.5, 0.6) is 0 Å². The Balaban J connectivity index is 1.78. The molecular formula is C26H27N3O3. The summed E-state index contributed by atoms with van der Waals surface area (Å²) in [6.07, 6.45) is 4.73. The second-order valence-electron chi connectivity index (χ2n) is 9.15. The first-order chi connectivity index (χ1) is 15.2. The first-order valence-corrected chi connectivity index (χ1v) is 10.8. The smallest absolute Gasteiger partial charge is 0.256 e. The van der Waals surface area contributed by atoms with Gasteiger partial charge in [0, 0.05) is 29.9 Å². The predicted octanol–water partition coefficient (Wildman–Crippen LogP) is 3.74. The fourth-order valence-corrected chi connectivity index (χ4v) is 3.93. The molecule has 1 amide bonds. The molecule has 0 saturated carbocycles. The normalized spacial score (nSPS) is 16.8. The lowest BCUT2D eigenvalue weighted by molar-refractivity contribution is -0.119. The van der Waals surface area contributed by atoms with Crippen LogP contribution in [0.25, 0.3) is 16.7 Å². The molecular weight excluding hydrogens is 402 g/mol. The summed E-state index contributed by atoms with van der Waals surface area (Å²) >= 11 is 0. The van der Waals surface area contributed by atoms with Crippen molar-refractivity contribution in [3.63, 3.8) is 0 Å². The number of nitrogens with one attached hydrogen (secondary N) is 3. The van der Waals surface area contributed by atoms with Crippen LogP contribution in [0.3, 0.4) is 0 Å². The van der Waals surface area contributed by atoms with E-state index in [1.54, 1.807) is 18.2 Å². The molecule has 32 heavy (non-hydrogen) atoms. The average molecular weight is 430 g/mol. The number of benzene rings is 1. The van der Waals surface area contributed by atoms with Crippen molar-refractivity contribution in [2.24, 2.45) is 0 Å². The van der Waals surface area contributed by atoms with Gasteiger partial charge in [-0.3, -0.25) is 14.4 Å². The van der Waals surface area contributed by atoms with Crippen LogP contribution in [0.2, 0.25) is 0 Å². The third-order valence-electron chi connectivity index (χ3n) is 5.77. The third-order valence-corrected chi connectivity index (χ3v) is 5.77. The van der Waals surface area contributed by atoms with Crippen molar-refractivity contribution in [1.29, 1.82) is 0 Å². The van der Waals surface area contributed by atoms with Crippen molar-refractivity contribution in [3.8, 4) is 11.1 Å². The maximum Gasteiger partial charge on any atom is 0.256 e. The first kappa shape index (κ1) is 21.6. The molecule has 1 aliphatic rings. The van der Waals surface area contributed by atoms with Crippen LogP contribution in [0, 0.1) is 0 Å². The largest absolute Gasteiger partial charge is 0.350 e. The van der Waals surface area contributed by atoms with Gasteiger partial charge >= 0.3 is 0 Å². The molecule has 0 aliphatic carbocycles. The van der Waals surface area contributed by atoms with Crippen molar-refractivity contribution in [2.75, 3.05) is 0 Å². The molecule has 2 aromatic heterocycles. The van der Waals surface area contributed by atoms with Gasteiger partial charge in [-0.15, -0.1) is 0 Å². The fraction of sp³-hybridized carbons (Fsp3) is 0.269. The summed E-state index contributed by atoms with van der Waals surface area (Å²) in [5, 5.41) is 2.97. The molecule has 0 radical (unpaired) electrons. The van der Waals surface area contributed by atoms with E-state index in [2.05, 4.69) is 48.2 Å². The molecule has 1 fully saturated rings. The summed E-state index contributed by atoms with van der Waals surface area (Å²) in [5.74, 6) is 0.0285. The van der Waals surface area contributed by atoms with Crippen molar-refractivity contribution < 1.29 is 4.79 Å².